The maximum absolute atomic E-state index is 14.2. The Hall–Kier alpha value is -3.44. The molecule has 1 aromatic heterocycles. The molecule has 0 radical (unpaired) electrons. The smallest absolute Gasteiger partial charge is 0.338 e. The molecule has 5 heteroatoms. The summed E-state index contributed by atoms with van der Waals surface area (Å²) in [5, 5.41) is 1.06. The molecular formula is C31H34FNO3. The van der Waals surface area contributed by atoms with E-state index >= 15 is 0 Å². The van der Waals surface area contributed by atoms with Crippen LogP contribution in [0.1, 0.15) is 54.6 Å². The molecule has 36 heavy (non-hydrogen) atoms. The fraction of sp³-hybridized carbons (Fsp3) is 0.323. The Labute approximate surface area is 212 Å². The average Bonchev–Trinajstić information content (AvgIpc) is 3.19. The van der Waals surface area contributed by atoms with Gasteiger partial charge in [0.05, 0.1) is 12.6 Å². The van der Waals surface area contributed by atoms with Gasteiger partial charge in [0.1, 0.15) is 5.82 Å². The van der Waals surface area contributed by atoms with Crippen LogP contribution >= 0.6 is 0 Å². The summed E-state index contributed by atoms with van der Waals surface area (Å²) in [4.78, 5) is 12.8. The number of benzene rings is 3. The number of methoxy groups -OCH3 is 2. The van der Waals surface area contributed by atoms with Gasteiger partial charge >= 0.3 is 5.97 Å². The lowest BCUT2D eigenvalue weighted by molar-refractivity contribution is -0.163. The monoisotopic (exact) mass is 487 g/mol. The van der Waals surface area contributed by atoms with Gasteiger partial charge in [0.2, 0.25) is 0 Å². The van der Waals surface area contributed by atoms with Crippen molar-refractivity contribution >= 4 is 16.9 Å². The van der Waals surface area contributed by atoms with Crippen LogP contribution in [0.2, 0.25) is 0 Å². The van der Waals surface area contributed by atoms with Gasteiger partial charge in [0.15, 0.2) is 5.60 Å². The minimum atomic E-state index is -1.15. The average molecular weight is 488 g/mol. The SMILES string of the molecule is COC(=O)C(C)(Cc1c(C(C)C)n(-c2ccc(F)c(C)c2)c2ccc(Cc3ccccc3)cc12)OC. The summed E-state index contributed by atoms with van der Waals surface area (Å²) < 4.78 is 27.2. The highest BCUT2D eigenvalue weighted by molar-refractivity contribution is 5.90. The second kappa shape index (κ2) is 10.3. The van der Waals surface area contributed by atoms with Crippen LogP contribution in [-0.2, 0) is 27.1 Å². The molecule has 1 heterocycles. The van der Waals surface area contributed by atoms with E-state index in [2.05, 4.69) is 48.7 Å². The highest BCUT2D eigenvalue weighted by Gasteiger charge is 2.37. The number of fused-ring (bicyclic) bond motifs is 1. The zero-order chi connectivity index (χ0) is 26.0. The van der Waals surface area contributed by atoms with Crippen molar-refractivity contribution in [3.63, 3.8) is 0 Å². The van der Waals surface area contributed by atoms with Gasteiger partial charge in [0, 0.05) is 30.3 Å². The first kappa shape index (κ1) is 25.6. The van der Waals surface area contributed by atoms with Crippen molar-refractivity contribution in [2.75, 3.05) is 14.2 Å². The maximum atomic E-state index is 14.2. The first-order valence-electron chi connectivity index (χ1n) is 12.3. The van der Waals surface area contributed by atoms with E-state index in [1.165, 1.54) is 31.4 Å². The summed E-state index contributed by atoms with van der Waals surface area (Å²) in [6, 6.07) is 22.0. The van der Waals surface area contributed by atoms with Gasteiger partial charge in [-0.25, -0.2) is 9.18 Å². The van der Waals surface area contributed by atoms with Crippen molar-refractivity contribution in [2.45, 2.75) is 52.1 Å². The molecular weight excluding hydrogens is 453 g/mol. The molecule has 0 aliphatic heterocycles. The van der Waals surface area contributed by atoms with Gasteiger partial charge in [-0.3, -0.25) is 0 Å². The first-order chi connectivity index (χ1) is 17.2. The molecule has 1 atom stereocenters. The molecule has 4 nitrogen and oxygen atoms in total. The molecule has 0 amide bonds. The van der Waals surface area contributed by atoms with Gasteiger partial charge in [-0.1, -0.05) is 50.2 Å². The number of carbonyl (C=O) groups is 1. The molecule has 3 aromatic carbocycles. The molecule has 0 spiro atoms. The van der Waals surface area contributed by atoms with Crippen molar-refractivity contribution in [1.29, 1.82) is 0 Å². The number of hydrogen-bond donors (Lipinski definition) is 0. The normalized spacial score (nSPS) is 13.2. The lowest BCUT2D eigenvalue weighted by Crippen LogP contribution is -2.41. The lowest BCUT2D eigenvalue weighted by atomic mass is 9.90. The van der Waals surface area contributed by atoms with Gasteiger partial charge in [-0.05, 0) is 78.8 Å². The van der Waals surface area contributed by atoms with Crippen LogP contribution in [0.5, 0.6) is 0 Å². The minimum absolute atomic E-state index is 0.133. The third kappa shape index (κ3) is 4.80. The predicted octanol–water partition coefficient (Wildman–Crippen LogP) is 6.91. The highest BCUT2D eigenvalue weighted by atomic mass is 19.1. The number of esters is 1. The minimum Gasteiger partial charge on any atom is -0.467 e. The zero-order valence-electron chi connectivity index (χ0n) is 21.9. The van der Waals surface area contributed by atoms with Crippen LogP contribution in [-0.4, -0.2) is 30.4 Å². The van der Waals surface area contributed by atoms with E-state index in [9.17, 15) is 9.18 Å². The van der Waals surface area contributed by atoms with Crippen LogP contribution in [0, 0.1) is 12.7 Å². The standard InChI is InChI=1S/C31H34FNO3/c1-20(2)29-26(19-31(4,36-6)30(34)35-5)25-18-23(17-22-10-8-7-9-11-22)12-15-28(25)33(29)24-13-14-27(32)21(3)16-24/h7-16,18,20H,17,19H2,1-6H3. The Morgan fingerprint density at radius 2 is 1.72 bits per heavy atom. The van der Waals surface area contributed by atoms with Crippen molar-refractivity contribution in [3.05, 3.63) is 100 Å². The first-order valence-corrected chi connectivity index (χ1v) is 12.3. The van der Waals surface area contributed by atoms with Crippen LogP contribution in [0.4, 0.5) is 4.39 Å². The Morgan fingerprint density at radius 1 is 1.00 bits per heavy atom. The number of aromatic nitrogens is 1. The topological polar surface area (TPSA) is 40.5 Å². The number of aryl methyl sites for hydroxylation is 1. The summed E-state index contributed by atoms with van der Waals surface area (Å²) in [5.41, 5.74) is 5.85. The van der Waals surface area contributed by atoms with E-state index in [0.717, 1.165) is 34.3 Å². The van der Waals surface area contributed by atoms with Crippen LogP contribution in [0.15, 0.2) is 66.7 Å². The van der Waals surface area contributed by atoms with E-state index in [0.29, 0.717) is 12.0 Å². The van der Waals surface area contributed by atoms with Crippen molar-refractivity contribution in [2.24, 2.45) is 0 Å². The van der Waals surface area contributed by atoms with Crippen LogP contribution in [0.3, 0.4) is 0 Å². The van der Waals surface area contributed by atoms with Gasteiger partial charge < -0.3 is 14.0 Å². The third-order valence-electron chi connectivity index (χ3n) is 6.96. The van der Waals surface area contributed by atoms with Crippen molar-refractivity contribution in [1.82, 2.24) is 4.57 Å². The van der Waals surface area contributed by atoms with E-state index in [1.807, 2.05) is 30.3 Å². The summed E-state index contributed by atoms with van der Waals surface area (Å²) in [6.07, 6.45) is 1.15. The van der Waals surface area contributed by atoms with Crippen LogP contribution < -0.4 is 0 Å². The van der Waals surface area contributed by atoms with Gasteiger partial charge in [-0.15, -0.1) is 0 Å². The second-order valence-corrected chi connectivity index (χ2v) is 9.90. The van der Waals surface area contributed by atoms with Crippen LogP contribution in [0.25, 0.3) is 16.6 Å². The zero-order valence-corrected chi connectivity index (χ0v) is 21.9. The molecule has 4 aromatic rings. The fourth-order valence-electron chi connectivity index (χ4n) is 4.98. The highest BCUT2D eigenvalue weighted by Crippen LogP contribution is 2.38. The van der Waals surface area contributed by atoms with Crippen molar-refractivity contribution in [3.8, 4) is 5.69 Å². The number of halogens is 1. The largest absolute Gasteiger partial charge is 0.467 e. The molecule has 0 bridgehead atoms. The molecule has 0 saturated heterocycles. The number of nitrogens with zero attached hydrogens (tertiary/aromatic N) is 1. The third-order valence-corrected chi connectivity index (χ3v) is 6.96. The Bertz CT molecular complexity index is 1390. The molecule has 0 N–H and O–H groups in total. The van der Waals surface area contributed by atoms with Gasteiger partial charge in [0.25, 0.3) is 0 Å². The molecule has 0 saturated carbocycles. The number of ether oxygens (including phenoxy) is 2. The predicted molar refractivity (Wildman–Crippen MR) is 142 cm³/mol. The maximum Gasteiger partial charge on any atom is 0.338 e. The molecule has 0 aliphatic rings. The Morgan fingerprint density at radius 3 is 2.33 bits per heavy atom. The summed E-state index contributed by atoms with van der Waals surface area (Å²) in [7, 11) is 2.92. The number of carbonyl (C=O) groups excluding carboxylic acids is 1. The van der Waals surface area contributed by atoms with E-state index in [1.54, 1.807) is 13.8 Å². The summed E-state index contributed by atoms with van der Waals surface area (Å²) in [6.45, 7) is 7.81. The molecule has 1 unspecified atom stereocenters. The summed E-state index contributed by atoms with van der Waals surface area (Å²) in [5.74, 6) is -0.517. The fourth-order valence-corrected chi connectivity index (χ4v) is 4.98. The molecule has 0 fully saturated rings. The van der Waals surface area contributed by atoms with E-state index in [4.69, 9.17) is 9.47 Å². The van der Waals surface area contributed by atoms with E-state index < -0.39 is 11.6 Å². The lowest BCUT2D eigenvalue weighted by Gasteiger charge is -2.26. The Balaban J connectivity index is 1.99. The van der Waals surface area contributed by atoms with Crippen molar-refractivity contribution < 1.29 is 18.7 Å². The Kier molecular flexibility index (Phi) is 7.32. The molecule has 4 rings (SSSR count). The van der Waals surface area contributed by atoms with E-state index in [-0.39, 0.29) is 11.7 Å². The summed E-state index contributed by atoms with van der Waals surface area (Å²) >= 11 is 0. The molecule has 0 aliphatic carbocycles. The molecule has 188 valence electrons. The number of hydrogen-bond acceptors (Lipinski definition) is 3. The second-order valence-electron chi connectivity index (χ2n) is 9.90. The number of rotatable bonds is 8. The quantitative estimate of drug-likeness (QED) is 0.254. The van der Waals surface area contributed by atoms with Gasteiger partial charge in [-0.2, -0.15) is 0 Å².